The molecule has 0 spiro atoms. The molecule has 5 heteroatoms. The number of aryl methyl sites for hydroxylation is 1. The number of furan rings is 1. The minimum atomic E-state index is -0.117. The van der Waals surface area contributed by atoms with Gasteiger partial charge in [0.1, 0.15) is 5.76 Å². The molecule has 2 N–H and O–H groups in total. The summed E-state index contributed by atoms with van der Waals surface area (Å²) in [6.45, 7) is 2.29. The molecule has 0 atom stereocenters. The van der Waals surface area contributed by atoms with E-state index in [4.69, 9.17) is 10.2 Å². The highest BCUT2D eigenvalue weighted by Gasteiger charge is 2.16. The third-order valence-corrected chi connectivity index (χ3v) is 3.35. The molecule has 2 rings (SSSR count). The van der Waals surface area contributed by atoms with Gasteiger partial charge >= 0.3 is 0 Å². The third-order valence-electron chi connectivity index (χ3n) is 2.92. The van der Waals surface area contributed by atoms with Crippen LogP contribution in [0.15, 0.2) is 39.4 Å². The van der Waals surface area contributed by atoms with Gasteiger partial charge in [0.2, 0.25) is 0 Å². The van der Waals surface area contributed by atoms with Gasteiger partial charge in [0.25, 0.3) is 5.91 Å². The Labute approximate surface area is 120 Å². The highest BCUT2D eigenvalue weighted by atomic mass is 79.9. The van der Waals surface area contributed by atoms with Gasteiger partial charge in [-0.3, -0.25) is 4.79 Å². The molecule has 19 heavy (non-hydrogen) atoms. The van der Waals surface area contributed by atoms with Gasteiger partial charge in [-0.2, -0.15) is 0 Å². The van der Waals surface area contributed by atoms with E-state index in [-0.39, 0.29) is 5.91 Å². The summed E-state index contributed by atoms with van der Waals surface area (Å²) in [6, 6.07) is 9.08. The number of nitrogens with zero attached hydrogens (tertiary/aromatic N) is 1. The second-order valence-electron chi connectivity index (χ2n) is 4.40. The molecule has 0 aliphatic heterocycles. The first-order valence-corrected chi connectivity index (χ1v) is 6.63. The van der Waals surface area contributed by atoms with Crippen molar-refractivity contribution in [2.24, 2.45) is 0 Å². The van der Waals surface area contributed by atoms with Crippen LogP contribution in [0.4, 0.5) is 5.69 Å². The highest BCUT2D eigenvalue weighted by molar-refractivity contribution is 9.10. The van der Waals surface area contributed by atoms with Crippen LogP contribution < -0.4 is 5.73 Å². The fraction of sp³-hybridized carbons (Fsp3) is 0.214. The second-order valence-corrected chi connectivity index (χ2v) is 5.18. The van der Waals surface area contributed by atoms with E-state index < -0.39 is 0 Å². The third kappa shape index (κ3) is 2.98. The van der Waals surface area contributed by atoms with Crippen molar-refractivity contribution < 1.29 is 9.21 Å². The Balaban J connectivity index is 2.17. The molecular weight excluding hydrogens is 308 g/mol. The van der Waals surface area contributed by atoms with Crippen molar-refractivity contribution in [1.82, 2.24) is 4.90 Å². The molecular formula is C14H15BrN2O2. The van der Waals surface area contributed by atoms with Crippen LogP contribution in [-0.2, 0) is 6.54 Å². The number of anilines is 1. The molecule has 0 aliphatic carbocycles. The maximum Gasteiger partial charge on any atom is 0.256 e. The average molecular weight is 323 g/mol. The van der Waals surface area contributed by atoms with Gasteiger partial charge in [-0.15, -0.1) is 0 Å². The molecule has 100 valence electrons. The molecule has 2 aromatic rings. The van der Waals surface area contributed by atoms with Crippen molar-refractivity contribution in [3.8, 4) is 0 Å². The molecule has 0 fully saturated rings. The summed E-state index contributed by atoms with van der Waals surface area (Å²) in [6.07, 6.45) is 0. The van der Waals surface area contributed by atoms with Crippen LogP contribution in [0.3, 0.4) is 0 Å². The maximum atomic E-state index is 12.3. The fourth-order valence-electron chi connectivity index (χ4n) is 1.82. The van der Waals surface area contributed by atoms with Crippen molar-refractivity contribution >= 4 is 27.5 Å². The molecule has 0 aliphatic rings. The lowest BCUT2D eigenvalue weighted by Crippen LogP contribution is -2.27. The van der Waals surface area contributed by atoms with E-state index in [9.17, 15) is 4.79 Å². The lowest BCUT2D eigenvalue weighted by molar-refractivity contribution is 0.0776. The second kappa shape index (κ2) is 5.48. The largest absolute Gasteiger partial charge is 0.452 e. The van der Waals surface area contributed by atoms with Gasteiger partial charge in [0.05, 0.1) is 12.1 Å². The Bertz CT molecular complexity index is 607. The standard InChI is InChI=1S/C14H15BrN2O2/c1-9-4-3-5-11(13(9)16)14(18)17(2)8-10-6-7-12(15)19-10/h3-7H,8,16H2,1-2H3. The Morgan fingerprint density at radius 3 is 2.74 bits per heavy atom. The Morgan fingerprint density at radius 1 is 1.37 bits per heavy atom. The van der Waals surface area contributed by atoms with Gasteiger partial charge in [0.15, 0.2) is 4.67 Å². The van der Waals surface area contributed by atoms with Gasteiger partial charge in [-0.05, 0) is 46.6 Å². The Kier molecular flexibility index (Phi) is 3.95. The van der Waals surface area contributed by atoms with Crippen LogP contribution in [0.25, 0.3) is 0 Å². The number of carbonyl (C=O) groups excluding carboxylic acids is 1. The summed E-state index contributed by atoms with van der Waals surface area (Å²) in [7, 11) is 1.72. The van der Waals surface area contributed by atoms with E-state index in [1.54, 1.807) is 24.1 Å². The normalized spacial score (nSPS) is 10.5. The van der Waals surface area contributed by atoms with E-state index in [1.165, 1.54) is 0 Å². The van der Waals surface area contributed by atoms with E-state index in [0.717, 1.165) is 5.56 Å². The van der Waals surface area contributed by atoms with E-state index >= 15 is 0 Å². The summed E-state index contributed by atoms with van der Waals surface area (Å²) in [5, 5.41) is 0. The van der Waals surface area contributed by atoms with Crippen molar-refractivity contribution in [2.75, 3.05) is 12.8 Å². The summed E-state index contributed by atoms with van der Waals surface area (Å²) in [5.74, 6) is 0.600. The molecule has 1 amide bonds. The number of benzene rings is 1. The zero-order valence-corrected chi connectivity index (χ0v) is 12.4. The van der Waals surface area contributed by atoms with E-state index in [2.05, 4.69) is 15.9 Å². The van der Waals surface area contributed by atoms with Crippen molar-refractivity contribution in [1.29, 1.82) is 0 Å². The number of hydrogen-bond acceptors (Lipinski definition) is 3. The van der Waals surface area contributed by atoms with Crippen LogP contribution in [0.2, 0.25) is 0 Å². The first-order chi connectivity index (χ1) is 8.99. The minimum Gasteiger partial charge on any atom is -0.452 e. The summed E-state index contributed by atoms with van der Waals surface area (Å²) >= 11 is 3.24. The number of nitrogens with two attached hydrogens (primary N) is 1. The number of para-hydroxylation sites is 1. The van der Waals surface area contributed by atoms with Gasteiger partial charge in [-0.25, -0.2) is 0 Å². The lowest BCUT2D eigenvalue weighted by Gasteiger charge is -2.17. The van der Waals surface area contributed by atoms with Gasteiger partial charge in [0, 0.05) is 12.7 Å². The number of hydrogen-bond donors (Lipinski definition) is 1. The summed E-state index contributed by atoms with van der Waals surface area (Å²) in [5.41, 5.74) is 7.89. The fourth-order valence-corrected chi connectivity index (χ4v) is 2.16. The molecule has 0 radical (unpaired) electrons. The quantitative estimate of drug-likeness (QED) is 0.883. The Morgan fingerprint density at radius 2 is 2.11 bits per heavy atom. The van der Waals surface area contributed by atoms with E-state index in [0.29, 0.717) is 28.2 Å². The van der Waals surface area contributed by atoms with Crippen molar-refractivity contribution in [3.63, 3.8) is 0 Å². The van der Waals surface area contributed by atoms with Crippen molar-refractivity contribution in [2.45, 2.75) is 13.5 Å². The molecule has 1 heterocycles. The summed E-state index contributed by atoms with van der Waals surface area (Å²) in [4.78, 5) is 13.9. The zero-order valence-electron chi connectivity index (χ0n) is 10.8. The predicted octanol–water partition coefficient (Wildman–Crippen LogP) is 3.20. The van der Waals surface area contributed by atoms with Gasteiger partial charge in [-0.1, -0.05) is 12.1 Å². The topological polar surface area (TPSA) is 59.5 Å². The molecule has 1 aromatic carbocycles. The maximum absolute atomic E-state index is 12.3. The van der Waals surface area contributed by atoms with Crippen molar-refractivity contribution in [3.05, 3.63) is 51.9 Å². The van der Waals surface area contributed by atoms with Crippen LogP contribution >= 0.6 is 15.9 Å². The SMILES string of the molecule is Cc1cccc(C(=O)N(C)Cc2ccc(Br)o2)c1N. The number of carbonyl (C=O) groups is 1. The smallest absolute Gasteiger partial charge is 0.256 e. The predicted molar refractivity (Wildman–Crippen MR) is 77.8 cm³/mol. The molecule has 0 saturated heterocycles. The molecule has 0 unspecified atom stereocenters. The molecule has 0 bridgehead atoms. The minimum absolute atomic E-state index is 0.117. The lowest BCUT2D eigenvalue weighted by atomic mass is 10.1. The van der Waals surface area contributed by atoms with Crippen LogP contribution in [0.5, 0.6) is 0 Å². The van der Waals surface area contributed by atoms with Gasteiger partial charge < -0.3 is 15.1 Å². The average Bonchev–Trinajstić information content (AvgIpc) is 2.77. The molecule has 1 aromatic heterocycles. The van der Waals surface area contributed by atoms with Crippen LogP contribution in [0.1, 0.15) is 21.7 Å². The number of nitrogen functional groups attached to an aromatic ring is 1. The van der Waals surface area contributed by atoms with E-state index in [1.807, 2.05) is 25.1 Å². The highest BCUT2D eigenvalue weighted by Crippen LogP contribution is 2.20. The number of amides is 1. The van der Waals surface area contributed by atoms with Crippen LogP contribution in [-0.4, -0.2) is 17.9 Å². The molecule has 0 saturated carbocycles. The van der Waals surface area contributed by atoms with Crippen LogP contribution in [0, 0.1) is 6.92 Å². The first kappa shape index (κ1) is 13.7. The number of halogens is 1. The number of rotatable bonds is 3. The Hall–Kier alpha value is -1.75. The summed E-state index contributed by atoms with van der Waals surface area (Å²) < 4.78 is 6.04. The molecule has 4 nitrogen and oxygen atoms in total. The first-order valence-electron chi connectivity index (χ1n) is 5.84. The zero-order chi connectivity index (χ0) is 14.0. The monoisotopic (exact) mass is 322 g/mol.